The molecular weight excluding hydrogens is 244 g/mol. The van der Waals surface area contributed by atoms with Gasteiger partial charge in [-0.25, -0.2) is 4.98 Å². The third-order valence-electron chi connectivity index (χ3n) is 1.81. The standard InChI is InChI=1S/C11H15ClN2O3/c1-7(2)17-6-10(15)13-8-4-9(12)14-11(5-8)16-3/h4-5,7H,6H2,1-3H3,(H,13,14,15). The summed E-state index contributed by atoms with van der Waals surface area (Å²) < 4.78 is 10.1. The Morgan fingerprint density at radius 1 is 1.53 bits per heavy atom. The predicted molar refractivity (Wildman–Crippen MR) is 65.5 cm³/mol. The van der Waals surface area contributed by atoms with E-state index in [2.05, 4.69) is 10.3 Å². The number of anilines is 1. The van der Waals surface area contributed by atoms with E-state index in [1.165, 1.54) is 13.2 Å². The highest BCUT2D eigenvalue weighted by atomic mass is 35.5. The maximum Gasteiger partial charge on any atom is 0.250 e. The number of ether oxygens (including phenoxy) is 2. The van der Waals surface area contributed by atoms with Crippen LogP contribution in [0.15, 0.2) is 12.1 Å². The Morgan fingerprint density at radius 2 is 2.24 bits per heavy atom. The summed E-state index contributed by atoms with van der Waals surface area (Å²) in [6, 6.07) is 3.12. The summed E-state index contributed by atoms with van der Waals surface area (Å²) in [6.07, 6.45) is 0.0105. The van der Waals surface area contributed by atoms with Gasteiger partial charge in [-0.2, -0.15) is 0 Å². The van der Waals surface area contributed by atoms with Crippen molar-refractivity contribution in [3.05, 3.63) is 17.3 Å². The zero-order valence-electron chi connectivity index (χ0n) is 9.99. The molecule has 0 aliphatic rings. The molecule has 0 bridgehead atoms. The average Bonchev–Trinajstić information content (AvgIpc) is 2.25. The Hall–Kier alpha value is -1.33. The normalized spacial score (nSPS) is 10.4. The minimum atomic E-state index is -0.247. The summed E-state index contributed by atoms with van der Waals surface area (Å²) in [5, 5.41) is 2.90. The van der Waals surface area contributed by atoms with Crippen LogP contribution in [0.1, 0.15) is 13.8 Å². The topological polar surface area (TPSA) is 60.5 Å². The van der Waals surface area contributed by atoms with Gasteiger partial charge in [0, 0.05) is 11.8 Å². The Labute approximate surface area is 105 Å². The maximum absolute atomic E-state index is 11.5. The Bertz CT molecular complexity index is 396. The number of hydrogen-bond acceptors (Lipinski definition) is 4. The molecule has 1 amide bonds. The van der Waals surface area contributed by atoms with Crippen LogP contribution in [0.25, 0.3) is 0 Å². The molecule has 0 aliphatic heterocycles. The van der Waals surface area contributed by atoms with Crippen LogP contribution in [0.3, 0.4) is 0 Å². The third kappa shape index (κ3) is 5.01. The van der Waals surface area contributed by atoms with Gasteiger partial charge in [0.05, 0.1) is 13.2 Å². The fourth-order valence-corrected chi connectivity index (χ4v) is 1.29. The maximum atomic E-state index is 11.5. The molecule has 1 aromatic heterocycles. The largest absolute Gasteiger partial charge is 0.481 e. The second-order valence-corrected chi connectivity index (χ2v) is 4.02. The Morgan fingerprint density at radius 3 is 2.82 bits per heavy atom. The highest BCUT2D eigenvalue weighted by Gasteiger charge is 2.06. The van der Waals surface area contributed by atoms with E-state index in [1.807, 2.05) is 13.8 Å². The quantitative estimate of drug-likeness (QED) is 0.822. The zero-order valence-corrected chi connectivity index (χ0v) is 10.7. The molecule has 0 atom stereocenters. The molecule has 0 radical (unpaired) electrons. The number of halogens is 1. The lowest BCUT2D eigenvalue weighted by Gasteiger charge is -2.09. The first-order valence-corrected chi connectivity index (χ1v) is 5.52. The summed E-state index contributed by atoms with van der Waals surface area (Å²) in [7, 11) is 1.48. The minimum absolute atomic E-state index is 0.0000753. The van der Waals surface area contributed by atoms with Gasteiger partial charge in [0.25, 0.3) is 0 Å². The van der Waals surface area contributed by atoms with E-state index in [4.69, 9.17) is 21.1 Å². The van der Waals surface area contributed by atoms with Crippen LogP contribution in [0.4, 0.5) is 5.69 Å². The predicted octanol–water partition coefficient (Wildman–Crippen LogP) is 2.11. The first kappa shape index (κ1) is 13.7. The average molecular weight is 259 g/mol. The van der Waals surface area contributed by atoms with Crippen LogP contribution >= 0.6 is 11.6 Å². The van der Waals surface area contributed by atoms with Crippen LogP contribution in [0, 0.1) is 0 Å². The number of hydrogen-bond donors (Lipinski definition) is 1. The molecule has 94 valence electrons. The molecule has 1 N–H and O–H groups in total. The van der Waals surface area contributed by atoms with Gasteiger partial charge in [-0.3, -0.25) is 4.79 Å². The van der Waals surface area contributed by atoms with E-state index in [0.29, 0.717) is 11.6 Å². The van der Waals surface area contributed by atoms with Gasteiger partial charge in [-0.15, -0.1) is 0 Å². The van der Waals surface area contributed by atoms with E-state index in [0.717, 1.165) is 0 Å². The second kappa shape index (κ2) is 6.42. The van der Waals surface area contributed by atoms with E-state index < -0.39 is 0 Å². The van der Waals surface area contributed by atoms with E-state index in [9.17, 15) is 4.79 Å². The number of methoxy groups -OCH3 is 1. The number of aromatic nitrogens is 1. The lowest BCUT2D eigenvalue weighted by molar-refractivity contribution is -0.121. The summed E-state index contributed by atoms with van der Waals surface area (Å²) in [5.41, 5.74) is 0.527. The van der Waals surface area contributed by atoms with Crippen molar-refractivity contribution < 1.29 is 14.3 Å². The summed E-state index contributed by atoms with van der Waals surface area (Å²) >= 11 is 5.77. The van der Waals surface area contributed by atoms with Gasteiger partial charge >= 0.3 is 0 Å². The number of carbonyl (C=O) groups is 1. The van der Waals surface area contributed by atoms with Gasteiger partial charge in [0.1, 0.15) is 11.8 Å². The molecule has 0 fully saturated rings. The molecule has 1 rings (SSSR count). The molecular formula is C11H15ClN2O3. The first-order valence-electron chi connectivity index (χ1n) is 5.14. The molecule has 5 nitrogen and oxygen atoms in total. The number of carbonyl (C=O) groups excluding carboxylic acids is 1. The van der Waals surface area contributed by atoms with Gasteiger partial charge in [-0.1, -0.05) is 11.6 Å². The van der Waals surface area contributed by atoms with Gasteiger partial charge < -0.3 is 14.8 Å². The molecule has 6 heteroatoms. The van der Waals surface area contributed by atoms with E-state index in [1.54, 1.807) is 6.07 Å². The van der Waals surface area contributed by atoms with Gasteiger partial charge in [0.2, 0.25) is 11.8 Å². The van der Waals surface area contributed by atoms with Crippen LogP contribution in [0.2, 0.25) is 5.15 Å². The minimum Gasteiger partial charge on any atom is -0.481 e. The fraction of sp³-hybridized carbons (Fsp3) is 0.455. The van der Waals surface area contributed by atoms with Crippen molar-refractivity contribution in [3.8, 4) is 5.88 Å². The molecule has 0 aromatic carbocycles. The fourth-order valence-electron chi connectivity index (χ4n) is 1.09. The molecule has 0 spiro atoms. The van der Waals surface area contributed by atoms with Crippen molar-refractivity contribution in [2.45, 2.75) is 20.0 Å². The number of rotatable bonds is 5. The van der Waals surface area contributed by atoms with Crippen molar-refractivity contribution in [2.75, 3.05) is 19.0 Å². The molecule has 17 heavy (non-hydrogen) atoms. The van der Waals surface area contributed by atoms with Crippen LogP contribution in [-0.4, -0.2) is 30.7 Å². The van der Waals surface area contributed by atoms with Crippen LogP contribution in [-0.2, 0) is 9.53 Å². The van der Waals surface area contributed by atoms with Crippen LogP contribution in [0.5, 0.6) is 5.88 Å². The molecule has 0 aliphatic carbocycles. The van der Waals surface area contributed by atoms with Crippen molar-refractivity contribution in [2.24, 2.45) is 0 Å². The zero-order chi connectivity index (χ0) is 12.8. The monoisotopic (exact) mass is 258 g/mol. The highest BCUT2D eigenvalue weighted by Crippen LogP contribution is 2.19. The summed E-state index contributed by atoms with van der Waals surface area (Å²) in [6.45, 7) is 3.72. The van der Waals surface area contributed by atoms with Crippen molar-refractivity contribution >= 4 is 23.2 Å². The molecule has 0 saturated carbocycles. The second-order valence-electron chi connectivity index (χ2n) is 3.63. The number of pyridine rings is 1. The van der Waals surface area contributed by atoms with Gasteiger partial charge in [0.15, 0.2) is 0 Å². The SMILES string of the molecule is COc1cc(NC(=O)COC(C)C)cc(Cl)n1. The number of nitrogens with zero attached hydrogens (tertiary/aromatic N) is 1. The first-order chi connectivity index (χ1) is 8.01. The lowest BCUT2D eigenvalue weighted by atomic mass is 10.4. The van der Waals surface area contributed by atoms with Crippen molar-refractivity contribution in [1.29, 1.82) is 0 Å². The lowest BCUT2D eigenvalue weighted by Crippen LogP contribution is -2.20. The number of amides is 1. The smallest absolute Gasteiger partial charge is 0.250 e. The summed E-state index contributed by atoms with van der Waals surface area (Å²) in [5.74, 6) is 0.0978. The number of nitrogens with one attached hydrogen (secondary N) is 1. The Balaban J connectivity index is 2.61. The van der Waals surface area contributed by atoms with Gasteiger partial charge in [-0.05, 0) is 19.9 Å². The van der Waals surface area contributed by atoms with Crippen LogP contribution < -0.4 is 10.1 Å². The van der Waals surface area contributed by atoms with E-state index in [-0.39, 0.29) is 23.8 Å². The highest BCUT2D eigenvalue weighted by molar-refractivity contribution is 6.29. The van der Waals surface area contributed by atoms with Crippen molar-refractivity contribution in [1.82, 2.24) is 4.98 Å². The summed E-state index contributed by atoms with van der Waals surface area (Å²) in [4.78, 5) is 15.4. The molecule has 1 heterocycles. The molecule has 0 saturated heterocycles. The molecule has 1 aromatic rings. The third-order valence-corrected chi connectivity index (χ3v) is 2.00. The molecule has 0 unspecified atom stereocenters. The Kier molecular flexibility index (Phi) is 5.18. The van der Waals surface area contributed by atoms with Crippen molar-refractivity contribution in [3.63, 3.8) is 0 Å². The van der Waals surface area contributed by atoms with E-state index >= 15 is 0 Å².